The Balaban J connectivity index is 1.96. The van der Waals surface area contributed by atoms with Crippen molar-refractivity contribution >= 4 is 17.5 Å². The Morgan fingerprint density at radius 2 is 2.10 bits per heavy atom. The van der Waals surface area contributed by atoms with Gasteiger partial charge in [-0.1, -0.05) is 6.07 Å². The Kier molecular flexibility index (Phi) is 3.35. The van der Waals surface area contributed by atoms with E-state index in [0.717, 1.165) is 18.5 Å². The zero-order chi connectivity index (χ0) is 15.0. The van der Waals surface area contributed by atoms with E-state index in [1.54, 1.807) is 12.0 Å². The van der Waals surface area contributed by atoms with Crippen LogP contribution in [0.3, 0.4) is 0 Å². The zero-order valence-electron chi connectivity index (χ0n) is 12.4. The highest BCUT2D eigenvalue weighted by atomic mass is 16.5. The lowest BCUT2D eigenvalue weighted by Crippen LogP contribution is -2.56. The minimum absolute atomic E-state index is 0.0240. The Morgan fingerprint density at radius 3 is 2.76 bits per heavy atom. The van der Waals surface area contributed by atoms with Crippen LogP contribution in [0.15, 0.2) is 24.3 Å². The molecule has 0 bridgehead atoms. The summed E-state index contributed by atoms with van der Waals surface area (Å²) >= 11 is 0. The first-order chi connectivity index (χ1) is 10.0. The fourth-order valence-electron chi connectivity index (χ4n) is 2.96. The summed E-state index contributed by atoms with van der Waals surface area (Å²) in [5.74, 6) is 0.879. The van der Waals surface area contributed by atoms with Crippen molar-refractivity contribution in [1.29, 1.82) is 0 Å². The monoisotopic (exact) mass is 288 g/mol. The van der Waals surface area contributed by atoms with E-state index in [1.165, 1.54) is 0 Å². The van der Waals surface area contributed by atoms with Gasteiger partial charge in [0.05, 0.1) is 7.11 Å². The number of carbonyl (C=O) groups is 2. The third-order valence-electron chi connectivity index (χ3n) is 4.41. The molecule has 3 rings (SSSR count). The molecular weight excluding hydrogens is 268 g/mol. The van der Waals surface area contributed by atoms with Crippen molar-refractivity contribution in [2.75, 3.05) is 18.6 Å². The quantitative estimate of drug-likeness (QED) is 0.921. The molecule has 1 saturated heterocycles. The van der Waals surface area contributed by atoms with E-state index in [-0.39, 0.29) is 17.7 Å². The van der Waals surface area contributed by atoms with Gasteiger partial charge in [0.2, 0.25) is 5.91 Å². The predicted molar refractivity (Wildman–Crippen MR) is 79.2 cm³/mol. The summed E-state index contributed by atoms with van der Waals surface area (Å²) in [5.41, 5.74) is -0.000790. The van der Waals surface area contributed by atoms with Crippen LogP contribution in [0.4, 0.5) is 5.69 Å². The molecule has 112 valence electrons. The van der Waals surface area contributed by atoms with Crippen LogP contribution in [0.1, 0.15) is 26.2 Å². The molecule has 2 fully saturated rings. The van der Waals surface area contributed by atoms with Gasteiger partial charge in [0, 0.05) is 24.7 Å². The van der Waals surface area contributed by atoms with E-state index in [0.29, 0.717) is 18.7 Å². The first-order valence-corrected chi connectivity index (χ1v) is 7.31. The van der Waals surface area contributed by atoms with Crippen LogP contribution in [0.5, 0.6) is 5.75 Å². The van der Waals surface area contributed by atoms with Gasteiger partial charge in [0.1, 0.15) is 11.3 Å². The van der Waals surface area contributed by atoms with Crippen LogP contribution in [0.2, 0.25) is 0 Å². The summed E-state index contributed by atoms with van der Waals surface area (Å²) in [6, 6.07) is 7.41. The molecule has 1 saturated carbocycles. The lowest BCUT2D eigenvalue weighted by Gasteiger charge is -2.32. The van der Waals surface area contributed by atoms with Gasteiger partial charge in [-0.2, -0.15) is 0 Å². The summed E-state index contributed by atoms with van der Waals surface area (Å²) < 4.78 is 5.22. The molecule has 1 N–H and O–H groups in total. The second-order valence-corrected chi connectivity index (χ2v) is 5.93. The maximum atomic E-state index is 13.0. The second kappa shape index (κ2) is 5.06. The van der Waals surface area contributed by atoms with Crippen LogP contribution in [-0.4, -0.2) is 31.0 Å². The number of rotatable bonds is 3. The first kappa shape index (κ1) is 13.9. The smallest absolute Gasteiger partial charge is 0.252 e. The number of carbonyl (C=O) groups excluding carboxylic acids is 2. The standard InChI is InChI=1S/C16H20N2O3/c1-16(11-6-7-11)15(20)18(9-8-14(19)17-16)12-4-3-5-13(10-12)21-2/h3-5,10-11H,6-9H2,1-2H3,(H,17,19). The molecule has 21 heavy (non-hydrogen) atoms. The minimum atomic E-state index is -0.781. The van der Waals surface area contributed by atoms with Crippen LogP contribution < -0.4 is 15.0 Å². The highest BCUT2D eigenvalue weighted by Crippen LogP contribution is 2.42. The van der Waals surface area contributed by atoms with Crippen molar-refractivity contribution < 1.29 is 14.3 Å². The van der Waals surface area contributed by atoms with Gasteiger partial charge in [-0.15, -0.1) is 0 Å². The van der Waals surface area contributed by atoms with Gasteiger partial charge in [-0.05, 0) is 37.8 Å². The van der Waals surface area contributed by atoms with Gasteiger partial charge in [0.15, 0.2) is 0 Å². The van der Waals surface area contributed by atoms with E-state index in [4.69, 9.17) is 4.74 Å². The highest BCUT2D eigenvalue weighted by molar-refractivity contribution is 6.04. The van der Waals surface area contributed by atoms with E-state index >= 15 is 0 Å². The largest absolute Gasteiger partial charge is 0.497 e. The number of amides is 2. The average Bonchev–Trinajstić information content (AvgIpc) is 3.31. The summed E-state index contributed by atoms with van der Waals surface area (Å²) in [7, 11) is 1.60. The molecule has 0 spiro atoms. The molecule has 0 radical (unpaired) electrons. The number of methoxy groups -OCH3 is 1. The summed E-state index contributed by atoms with van der Waals surface area (Å²) in [6.45, 7) is 2.25. The molecule has 1 aliphatic heterocycles. The topological polar surface area (TPSA) is 58.6 Å². The number of hydrogen-bond acceptors (Lipinski definition) is 3. The minimum Gasteiger partial charge on any atom is -0.497 e. The fourth-order valence-corrected chi connectivity index (χ4v) is 2.96. The number of benzene rings is 1. The Bertz CT molecular complexity index is 583. The molecular formula is C16H20N2O3. The van der Waals surface area contributed by atoms with E-state index < -0.39 is 5.54 Å². The summed E-state index contributed by atoms with van der Waals surface area (Å²) in [6.07, 6.45) is 2.31. The molecule has 2 aliphatic rings. The molecule has 5 nitrogen and oxygen atoms in total. The van der Waals surface area contributed by atoms with Crippen molar-refractivity contribution in [3.05, 3.63) is 24.3 Å². The highest BCUT2D eigenvalue weighted by Gasteiger charge is 2.51. The second-order valence-electron chi connectivity index (χ2n) is 5.93. The number of hydrogen-bond donors (Lipinski definition) is 1. The van der Waals surface area contributed by atoms with Crippen LogP contribution >= 0.6 is 0 Å². The van der Waals surface area contributed by atoms with Crippen molar-refractivity contribution in [1.82, 2.24) is 5.32 Å². The Hall–Kier alpha value is -2.04. The lowest BCUT2D eigenvalue weighted by molar-refractivity contribution is -0.130. The Morgan fingerprint density at radius 1 is 1.33 bits per heavy atom. The molecule has 1 atom stereocenters. The van der Waals surface area contributed by atoms with E-state index in [1.807, 2.05) is 31.2 Å². The van der Waals surface area contributed by atoms with Gasteiger partial charge < -0.3 is 15.0 Å². The molecule has 1 aliphatic carbocycles. The summed E-state index contributed by atoms with van der Waals surface area (Å²) in [5, 5.41) is 2.93. The van der Waals surface area contributed by atoms with Crippen molar-refractivity contribution in [2.45, 2.75) is 31.7 Å². The third kappa shape index (κ3) is 2.48. The van der Waals surface area contributed by atoms with E-state index in [2.05, 4.69) is 5.32 Å². The lowest BCUT2D eigenvalue weighted by atomic mass is 9.94. The number of nitrogens with zero attached hydrogens (tertiary/aromatic N) is 1. The van der Waals surface area contributed by atoms with Gasteiger partial charge in [-0.25, -0.2) is 0 Å². The van der Waals surface area contributed by atoms with Crippen LogP contribution in [0, 0.1) is 5.92 Å². The molecule has 1 aromatic rings. The molecule has 1 aromatic carbocycles. The summed E-state index contributed by atoms with van der Waals surface area (Å²) in [4.78, 5) is 26.6. The molecule has 5 heteroatoms. The maximum absolute atomic E-state index is 13.0. The van der Waals surface area contributed by atoms with E-state index in [9.17, 15) is 9.59 Å². The van der Waals surface area contributed by atoms with Crippen molar-refractivity contribution in [3.63, 3.8) is 0 Å². The van der Waals surface area contributed by atoms with Crippen LogP contribution in [0.25, 0.3) is 0 Å². The first-order valence-electron chi connectivity index (χ1n) is 7.31. The molecule has 2 amide bonds. The molecule has 0 aromatic heterocycles. The van der Waals surface area contributed by atoms with Crippen molar-refractivity contribution in [2.24, 2.45) is 5.92 Å². The SMILES string of the molecule is COc1cccc(N2CCC(=O)NC(C)(C3CC3)C2=O)c1. The van der Waals surface area contributed by atoms with Gasteiger partial charge >= 0.3 is 0 Å². The Labute approximate surface area is 124 Å². The average molecular weight is 288 g/mol. The maximum Gasteiger partial charge on any atom is 0.252 e. The number of ether oxygens (including phenoxy) is 1. The molecule has 1 heterocycles. The van der Waals surface area contributed by atoms with Gasteiger partial charge in [0.25, 0.3) is 5.91 Å². The molecule has 1 unspecified atom stereocenters. The number of nitrogens with one attached hydrogen (secondary N) is 1. The van der Waals surface area contributed by atoms with Crippen LogP contribution in [-0.2, 0) is 9.59 Å². The number of anilines is 1. The van der Waals surface area contributed by atoms with Gasteiger partial charge in [-0.3, -0.25) is 9.59 Å². The zero-order valence-corrected chi connectivity index (χ0v) is 12.4. The predicted octanol–water partition coefficient (Wildman–Crippen LogP) is 1.72. The fraction of sp³-hybridized carbons (Fsp3) is 0.500. The normalized spacial score (nSPS) is 26.3. The van der Waals surface area contributed by atoms with Crippen molar-refractivity contribution in [3.8, 4) is 5.75 Å². The third-order valence-corrected chi connectivity index (χ3v) is 4.41.